The fourth-order valence-electron chi connectivity index (χ4n) is 1.56. The summed E-state index contributed by atoms with van der Waals surface area (Å²) in [5.74, 6) is 0. The van der Waals surface area contributed by atoms with Crippen molar-refractivity contribution < 1.29 is 4.79 Å². The van der Waals surface area contributed by atoms with Gasteiger partial charge in [0.05, 0.1) is 5.02 Å². The van der Waals surface area contributed by atoms with Crippen molar-refractivity contribution in [2.45, 2.75) is 13.5 Å². The SMILES string of the molecule is CCn1nnc(C=O)c1-c1ccccc1Cl. The summed E-state index contributed by atoms with van der Waals surface area (Å²) in [5, 5.41) is 8.29. The summed E-state index contributed by atoms with van der Waals surface area (Å²) >= 11 is 6.09. The first kappa shape index (κ1) is 10.8. The van der Waals surface area contributed by atoms with Gasteiger partial charge in [-0.1, -0.05) is 35.0 Å². The minimum Gasteiger partial charge on any atom is -0.296 e. The van der Waals surface area contributed by atoms with Gasteiger partial charge in [-0.25, -0.2) is 4.68 Å². The van der Waals surface area contributed by atoms with Gasteiger partial charge in [-0.05, 0) is 13.0 Å². The number of aryl methyl sites for hydroxylation is 1. The topological polar surface area (TPSA) is 47.8 Å². The predicted molar refractivity (Wildman–Crippen MR) is 61.5 cm³/mol. The number of rotatable bonds is 3. The Labute approximate surface area is 97.8 Å². The Hall–Kier alpha value is -1.68. The Morgan fingerprint density at radius 3 is 2.81 bits per heavy atom. The molecular weight excluding hydrogens is 226 g/mol. The third-order valence-electron chi connectivity index (χ3n) is 2.30. The molecule has 0 saturated carbocycles. The van der Waals surface area contributed by atoms with E-state index in [-0.39, 0.29) is 0 Å². The summed E-state index contributed by atoms with van der Waals surface area (Å²) in [6.45, 7) is 2.57. The van der Waals surface area contributed by atoms with Crippen molar-refractivity contribution >= 4 is 17.9 Å². The van der Waals surface area contributed by atoms with Crippen molar-refractivity contribution in [2.24, 2.45) is 0 Å². The Morgan fingerprint density at radius 2 is 2.19 bits per heavy atom. The standard InChI is InChI=1S/C11H10ClN3O/c1-2-15-11(10(7-16)13-14-15)8-5-3-4-6-9(8)12/h3-7H,2H2,1H3. The maximum Gasteiger partial charge on any atom is 0.172 e. The minimum absolute atomic E-state index is 0.315. The fourth-order valence-corrected chi connectivity index (χ4v) is 1.78. The monoisotopic (exact) mass is 235 g/mol. The molecule has 0 unspecified atom stereocenters. The molecule has 0 aliphatic carbocycles. The fraction of sp³-hybridized carbons (Fsp3) is 0.182. The van der Waals surface area contributed by atoms with Gasteiger partial charge in [0, 0.05) is 12.1 Å². The number of hydrogen-bond donors (Lipinski definition) is 0. The van der Waals surface area contributed by atoms with Gasteiger partial charge in [0.15, 0.2) is 12.0 Å². The number of aldehydes is 1. The highest BCUT2D eigenvalue weighted by Crippen LogP contribution is 2.28. The van der Waals surface area contributed by atoms with E-state index in [0.717, 1.165) is 5.56 Å². The van der Waals surface area contributed by atoms with Crippen LogP contribution >= 0.6 is 11.6 Å². The molecule has 2 rings (SSSR count). The third kappa shape index (κ3) is 1.72. The van der Waals surface area contributed by atoms with E-state index < -0.39 is 0 Å². The molecule has 0 radical (unpaired) electrons. The summed E-state index contributed by atoms with van der Waals surface area (Å²) in [7, 11) is 0. The number of aromatic nitrogens is 3. The van der Waals surface area contributed by atoms with Crippen LogP contribution in [-0.2, 0) is 6.54 Å². The Bertz CT molecular complexity index is 522. The van der Waals surface area contributed by atoms with E-state index in [1.54, 1.807) is 10.7 Å². The largest absolute Gasteiger partial charge is 0.296 e. The maximum atomic E-state index is 10.9. The van der Waals surface area contributed by atoms with Crippen LogP contribution in [-0.4, -0.2) is 21.3 Å². The Balaban J connectivity index is 2.67. The lowest BCUT2D eigenvalue weighted by molar-refractivity contribution is 0.111. The minimum atomic E-state index is 0.315. The lowest BCUT2D eigenvalue weighted by atomic mass is 10.1. The van der Waals surface area contributed by atoms with Gasteiger partial charge >= 0.3 is 0 Å². The van der Waals surface area contributed by atoms with E-state index in [1.807, 2.05) is 25.1 Å². The van der Waals surface area contributed by atoms with Gasteiger partial charge in [0.25, 0.3) is 0 Å². The first-order chi connectivity index (χ1) is 7.77. The van der Waals surface area contributed by atoms with Gasteiger partial charge in [0.2, 0.25) is 0 Å². The summed E-state index contributed by atoms with van der Waals surface area (Å²) < 4.78 is 1.66. The number of carbonyl (C=O) groups is 1. The molecule has 0 fully saturated rings. The van der Waals surface area contributed by atoms with Gasteiger partial charge in [-0.2, -0.15) is 0 Å². The molecule has 0 spiro atoms. The third-order valence-corrected chi connectivity index (χ3v) is 2.63. The molecule has 2 aromatic rings. The summed E-state index contributed by atoms with van der Waals surface area (Å²) in [6, 6.07) is 7.33. The van der Waals surface area contributed by atoms with Crippen LogP contribution in [0.25, 0.3) is 11.3 Å². The number of hydrogen-bond acceptors (Lipinski definition) is 3. The van der Waals surface area contributed by atoms with Gasteiger partial charge < -0.3 is 0 Å². The van der Waals surface area contributed by atoms with Crippen molar-refractivity contribution in [3.05, 3.63) is 35.0 Å². The van der Waals surface area contributed by atoms with E-state index in [0.29, 0.717) is 29.2 Å². The first-order valence-corrected chi connectivity index (χ1v) is 5.29. The first-order valence-electron chi connectivity index (χ1n) is 4.91. The van der Waals surface area contributed by atoms with Gasteiger partial charge in [-0.3, -0.25) is 4.79 Å². The normalized spacial score (nSPS) is 10.4. The average molecular weight is 236 g/mol. The van der Waals surface area contributed by atoms with Crippen molar-refractivity contribution in [1.82, 2.24) is 15.0 Å². The lowest BCUT2D eigenvalue weighted by Crippen LogP contribution is -2.00. The van der Waals surface area contributed by atoms with Crippen LogP contribution in [0.2, 0.25) is 5.02 Å². The Morgan fingerprint density at radius 1 is 1.44 bits per heavy atom. The number of halogens is 1. The second-order valence-electron chi connectivity index (χ2n) is 3.24. The molecule has 1 aromatic heterocycles. The molecule has 1 heterocycles. The number of benzene rings is 1. The van der Waals surface area contributed by atoms with Crippen LogP contribution in [0, 0.1) is 0 Å². The highest BCUT2D eigenvalue weighted by atomic mass is 35.5. The number of nitrogens with zero attached hydrogens (tertiary/aromatic N) is 3. The molecule has 0 aliphatic heterocycles. The molecule has 0 aliphatic rings. The Kier molecular flexibility index (Phi) is 3.01. The van der Waals surface area contributed by atoms with E-state index in [4.69, 9.17) is 11.6 Å². The van der Waals surface area contributed by atoms with Crippen LogP contribution in [0.3, 0.4) is 0 Å². The lowest BCUT2D eigenvalue weighted by Gasteiger charge is -2.05. The second kappa shape index (κ2) is 4.45. The molecule has 0 bridgehead atoms. The molecule has 4 nitrogen and oxygen atoms in total. The smallest absolute Gasteiger partial charge is 0.172 e. The van der Waals surface area contributed by atoms with Crippen molar-refractivity contribution in [2.75, 3.05) is 0 Å². The highest BCUT2D eigenvalue weighted by Gasteiger charge is 2.15. The highest BCUT2D eigenvalue weighted by molar-refractivity contribution is 6.33. The molecule has 0 N–H and O–H groups in total. The summed E-state index contributed by atoms with van der Waals surface area (Å²) in [5.41, 5.74) is 1.76. The van der Waals surface area contributed by atoms with E-state index in [1.165, 1.54) is 0 Å². The quantitative estimate of drug-likeness (QED) is 0.768. The van der Waals surface area contributed by atoms with Crippen molar-refractivity contribution in [1.29, 1.82) is 0 Å². The molecule has 5 heteroatoms. The van der Waals surface area contributed by atoms with E-state index in [9.17, 15) is 4.79 Å². The molecule has 82 valence electrons. The summed E-state index contributed by atoms with van der Waals surface area (Å²) in [4.78, 5) is 10.9. The van der Waals surface area contributed by atoms with Gasteiger partial charge in [-0.15, -0.1) is 5.10 Å². The van der Waals surface area contributed by atoms with Crippen LogP contribution in [0.1, 0.15) is 17.4 Å². The number of carbonyl (C=O) groups excluding carboxylic acids is 1. The molecule has 0 saturated heterocycles. The second-order valence-corrected chi connectivity index (χ2v) is 3.64. The summed E-state index contributed by atoms with van der Waals surface area (Å²) in [6.07, 6.45) is 0.692. The van der Waals surface area contributed by atoms with Crippen LogP contribution in [0.4, 0.5) is 0 Å². The zero-order chi connectivity index (χ0) is 11.5. The van der Waals surface area contributed by atoms with Crippen LogP contribution in [0.15, 0.2) is 24.3 Å². The molecule has 0 atom stereocenters. The van der Waals surface area contributed by atoms with Crippen LogP contribution < -0.4 is 0 Å². The van der Waals surface area contributed by atoms with Gasteiger partial charge in [0.1, 0.15) is 5.69 Å². The molecular formula is C11H10ClN3O. The molecule has 1 aromatic carbocycles. The van der Waals surface area contributed by atoms with Crippen LogP contribution in [0.5, 0.6) is 0 Å². The van der Waals surface area contributed by atoms with Crippen molar-refractivity contribution in [3.8, 4) is 11.3 Å². The average Bonchev–Trinajstić information content (AvgIpc) is 2.72. The van der Waals surface area contributed by atoms with E-state index >= 15 is 0 Å². The maximum absolute atomic E-state index is 10.9. The molecule has 0 amide bonds. The van der Waals surface area contributed by atoms with Crippen molar-refractivity contribution in [3.63, 3.8) is 0 Å². The zero-order valence-electron chi connectivity index (χ0n) is 8.72. The zero-order valence-corrected chi connectivity index (χ0v) is 9.48. The van der Waals surface area contributed by atoms with E-state index in [2.05, 4.69) is 10.3 Å². The molecule has 16 heavy (non-hydrogen) atoms. The predicted octanol–water partition coefficient (Wildman–Crippen LogP) is 2.43.